The fourth-order valence-electron chi connectivity index (χ4n) is 2.89. The SMILES string of the molecule is O=C(O)c1nnn(CCN2CCCC2)c1Cc1ccccc1. The van der Waals surface area contributed by atoms with Gasteiger partial charge in [0.05, 0.1) is 12.2 Å². The van der Waals surface area contributed by atoms with Gasteiger partial charge in [0.25, 0.3) is 0 Å². The maximum atomic E-state index is 11.4. The van der Waals surface area contributed by atoms with E-state index in [-0.39, 0.29) is 5.69 Å². The zero-order chi connectivity index (χ0) is 15.4. The second-order valence-corrected chi connectivity index (χ2v) is 5.62. The molecule has 0 aliphatic carbocycles. The lowest BCUT2D eigenvalue weighted by Gasteiger charge is -2.15. The molecule has 6 heteroatoms. The van der Waals surface area contributed by atoms with Crippen molar-refractivity contribution in [1.82, 2.24) is 19.9 Å². The third-order valence-electron chi connectivity index (χ3n) is 4.08. The van der Waals surface area contributed by atoms with Gasteiger partial charge in [0.2, 0.25) is 0 Å². The molecule has 3 rings (SSSR count). The molecule has 0 saturated carbocycles. The van der Waals surface area contributed by atoms with Gasteiger partial charge in [-0.3, -0.25) is 0 Å². The minimum Gasteiger partial charge on any atom is -0.476 e. The molecule has 1 saturated heterocycles. The predicted octanol–water partition coefficient (Wildman–Crippen LogP) is 1.66. The van der Waals surface area contributed by atoms with Crippen molar-refractivity contribution in [1.29, 1.82) is 0 Å². The van der Waals surface area contributed by atoms with Crippen LogP contribution in [0.4, 0.5) is 0 Å². The molecule has 2 heterocycles. The summed E-state index contributed by atoms with van der Waals surface area (Å²) < 4.78 is 1.74. The molecule has 6 nitrogen and oxygen atoms in total. The van der Waals surface area contributed by atoms with Crippen LogP contribution < -0.4 is 0 Å². The normalized spacial score (nSPS) is 15.3. The Labute approximate surface area is 129 Å². The van der Waals surface area contributed by atoms with Crippen molar-refractivity contribution in [2.75, 3.05) is 19.6 Å². The molecule has 0 radical (unpaired) electrons. The fourth-order valence-corrected chi connectivity index (χ4v) is 2.89. The second kappa shape index (κ2) is 6.70. The molecular formula is C16H20N4O2. The van der Waals surface area contributed by atoms with E-state index in [0.717, 1.165) is 25.2 Å². The van der Waals surface area contributed by atoms with Gasteiger partial charge in [-0.25, -0.2) is 9.48 Å². The number of aromatic nitrogens is 3. The number of carbonyl (C=O) groups is 1. The number of benzene rings is 1. The summed E-state index contributed by atoms with van der Waals surface area (Å²) in [6.07, 6.45) is 3.03. The van der Waals surface area contributed by atoms with E-state index in [1.807, 2.05) is 30.3 Å². The van der Waals surface area contributed by atoms with Crippen molar-refractivity contribution in [2.24, 2.45) is 0 Å². The monoisotopic (exact) mass is 300 g/mol. The number of aromatic carboxylic acids is 1. The Morgan fingerprint density at radius 2 is 1.86 bits per heavy atom. The highest BCUT2D eigenvalue weighted by Crippen LogP contribution is 2.14. The summed E-state index contributed by atoms with van der Waals surface area (Å²) >= 11 is 0. The van der Waals surface area contributed by atoms with Gasteiger partial charge in [0.1, 0.15) is 0 Å². The molecule has 1 N–H and O–H groups in total. The van der Waals surface area contributed by atoms with Crippen molar-refractivity contribution >= 4 is 5.97 Å². The zero-order valence-corrected chi connectivity index (χ0v) is 12.5. The average molecular weight is 300 g/mol. The Morgan fingerprint density at radius 3 is 2.55 bits per heavy atom. The van der Waals surface area contributed by atoms with Gasteiger partial charge in [-0.15, -0.1) is 5.10 Å². The Kier molecular flexibility index (Phi) is 4.48. The Hall–Kier alpha value is -2.21. The molecule has 0 unspecified atom stereocenters. The van der Waals surface area contributed by atoms with Crippen LogP contribution in [0.3, 0.4) is 0 Å². The molecular weight excluding hydrogens is 280 g/mol. The average Bonchev–Trinajstić information content (AvgIpc) is 3.16. The smallest absolute Gasteiger partial charge is 0.358 e. The number of nitrogens with zero attached hydrogens (tertiary/aromatic N) is 4. The van der Waals surface area contributed by atoms with Crippen LogP contribution in [-0.4, -0.2) is 50.6 Å². The molecule has 0 amide bonds. The third kappa shape index (κ3) is 3.33. The lowest BCUT2D eigenvalue weighted by molar-refractivity contribution is 0.0689. The Balaban J connectivity index is 1.78. The number of hydrogen-bond donors (Lipinski definition) is 1. The topological polar surface area (TPSA) is 71.2 Å². The molecule has 22 heavy (non-hydrogen) atoms. The van der Waals surface area contributed by atoms with Crippen LogP contribution in [0.15, 0.2) is 30.3 Å². The van der Waals surface area contributed by atoms with E-state index in [2.05, 4.69) is 15.2 Å². The minimum absolute atomic E-state index is 0.0604. The molecule has 1 aromatic heterocycles. The van der Waals surface area contributed by atoms with Crippen LogP contribution >= 0.6 is 0 Å². The molecule has 2 aromatic rings. The van der Waals surface area contributed by atoms with E-state index in [1.54, 1.807) is 4.68 Å². The molecule has 1 aliphatic heterocycles. The van der Waals surface area contributed by atoms with E-state index in [4.69, 9.17) is 0 Å². The van der Waals surface area contributed by atoms with E-state index in [1.165, 1.54) is 12.8 Å². The highest BCUT2D eigenvalue weighted by Gasteiger charge is 2.20. The Morgan fingerprint density at radius 1 is 1.14 bits per heavy atom. The summed E-state index contributed by atoms with van der Waals surface area (Å²) in [5.41, 5.74) is 1.80. The predicted molar refractivity (Wildman–Crippen MR) is 81.9 cm³/mol. The number of likely N-dealkylation sites (tertiary alicyclic amines) is 1. The first-order valence-electron chi connectivity index (χ1n) is 7.66. The van der Waals surface area contributed by atoms with Crippen LogP contribution in [0, 0.1) is 0 Å². The quantitative estimate of drug-likeness (QED) is 0.878. The lowest BCUT2D eigenvalue weighted by atomic mass is 10.1. The minimum atomic E-state index is -1.02. The van der Waals surface area contributed by atoms with E-state index >= 15 is 0 Å². The van der Waals surface area contributed by atoms with Crippen LogP contribution in [0.2, 0.25) is 0 Å². The summed E-state index contributed by atoms with van der Waals surface area (Å²) in [4.78, 5) is 13.7. The van der Waals surface area contributed by atoms with Crippen molar-refractivity contribution in [3.63, 3.8) is 0 Å². The van der Waals surface area contributed by atoms with Crippen LogP contribution in [0.25, 0.3) is 0 Å². The maximum absolute atomic E-state index is 11.4. The molecule has 1 aromatic carbocycles. The van der Waals surface area contributed by atoms with Crippen molar-refractivity contribution < 1.29 is 9.90 Å². The first-order chi connectivity index (χ1) is 10.7. The summed E-state index contributed by atoms with van der Waals surface area (Å²) in [7, 11) is 0. The molecule has 1 fully saturated rings. The van der Waals surface area contributed by atoms with Gasteiger partial charge in [-0.05, 0) is 31.5 Å². The van der Waals surface area contributed by atoms with Gasteiger partial charge in [-0.1, -0.05) is 35.5 Å². The second-order valence-electron chi connectivity index (χ2n) is 5.62. The highest BCUT2D eigenvalue weighted by molar-refractivity contribution is 5.86. The van der Waals surface area contributed by atoms with Crippen LogP contribution in [0.1, 0.15) is 34.6 Å². The number of carboxylic acids is 1. The molecule has 0 atom stereocenters. The largest absolute Gasteiger partial charge is 0.476 e. The van der Waals surface area contributed by atoms with E-state index in [9.17, 15) is 9.90 Å². The summed E-state index contributed by atoms with van der Waals surface area (Å²) in [5.74, 6) is -1.02. The van der Waals surface area contributed by atoms with Gasteiger partial charge in [-0.2, -0.15) is 0 Å². The number of rotatable bonds is 6. The standard InChI is InChI=1S/C16H20N4O2/c21-16(22)15-14(12-13-6-2-1-3-7-13)20(18-17-15)11-10-19-8-4-5-9-19/h1-3,6-7H,4-5,8-12H2,(H,21,22). The molecule has 1 aliphatic rings. The summed E-state index contributed by atoms with van der Waals surface area (Å²) in [5, 5.41) is 17.2. The van der Waals surface area contributed by atoms with Gasteiger partial charge in [0, 0.05) is 13.0 Å². The molecule has 116 valence electrons. The van der Waals surface area contributed by atoms with Gasteiger partial charge >= 0.3 is 5.97 Å². The third-order valence-corrected chi connectivity index (χ3v) is 4.08. The van der Waals surface area contributed by atoms with Crippen LogP contribution in [-0.2, 0) is 13.0 Å². The summed E-state index contributed by atoms with van der Waals surface area (Å²) in [6, 6.07) is 9.83. The van der Waals surface area contributed by atoms with E-state index in [0.29, 0.717) is 18.7 Å². The number of carboxylic acid groups (broad SMARTS) is 1. The zero-order valence-electron chi connectivity index (χ0n) is 12.5. The van der Waals surface area contributed by atoms with Crippen molar-refractivity contribution in [3.8, 4) is 0 Å². The maximum Gasteiger partial charge on any atom is 0.358 e. The Bertz CT molecular complexity index is 633. The summed E-state index contributed by atoms with van der Waals surface area (Å²) in [6.45, 7) is 3.82. The first-order valence-corrected chi connectivity index (χ1v) is 7.66. The van der Waals surface area contributed by atoms with Crippen molar-refractivity contribution in [3.05, 3.63) is 47.3 Å². The highest BCUT2D eigenvalue weighted by atomic mass is 16.4. The van der Waals surface area contributed by atoms with Gasteiger partial charge < -0.3 is 10.0 Å². The lowest BCUT2D eigenvalue weighted by Crippen LogP contribution is -2.25. The van der Waals surface area contributed by atoms with Gasteiger partial charge in [0.15, 0.2) is 5.69 Å². The molecule has 0 spiro atoms. The fraction of sp³-hybridized carbons (Fsp3) is 0.438. The number of hydrogen-bond acceptors (Lipinski definition) is 4. The molecule has 0 bridgehead atoms. The first kappa shape index (κ1) is 14.7. The van der Waals surface area contributed by atoms with E-state index < -0.39 is 5.97 Å². The van der Waals surface area contributed by atoms with Crippen LogP contribution in [0.5, 0.6) is 0 Å². The van der Waals surface area contributed by atoms with Crippen molar-refractivity contribution in [2.45, 2.75) is 25.8 Å².